The zero-order valence-electron chi connectivity index (χ0n) is 5.92. The maximum atomic E-state index is 8.67. The van der Waals surface area contributed by atoms with Crippen molar-refractivity contribution in [2.24, 2.45) is 0 Å². The molecule has 50 valence electrons. The summed E-state index contributed by atoms with van der Waals surface area (Å²) in [6.07, 6.45) is 0. The minimum Gasteiger partial charge on any atom is -0.487 e. The van der Waals surface area contributed by atoms with Crippen LogP contribution in [0.15, 0.2) is 0 Å². The van der Waals surface area contributed by atoms with E-state index in [9.17, 15) is 0 Å². The molecule has 0 saturated carbocycles. The molecule has 0 saturated heterocycles. The van der Waals surface area contributed by atoms with Crippen molar-refractivity contribution >= 4 is 17.4 Å². The van der Waals surface area contributed by atoms with Crippen molar-refractivity contribution in [2.75, 3.05) is 13.1 Å². The third-order valence-electron chi connectivity index (χ3n) is 1.03. The van der Waals surface area contributed by atoms with Gasteiger partial charge in [-0.3, -0.25) is 0 Å². The van der Waals surface area contributed by atoms with E-state index >= 15 is 0 Å². The fraction of sp³-hybridized carbons (Fsp3) is 0.800. The minimum absolute atomic E-state index is 0. The van der Waals surface area contributed by atoms with E-state index < -0.39 is 0 Å². The summed E-state index contributed by atoms with van der Waals surface area (Å²) in [6, 6.07) is 0. The summed E-state index contributed by atoms with van der Waals surface area (Å²) in [6.45, 7) is 5.47. The molecule has 0 aliphatic carbocycles. The molecule has 0 bridgehead atoms. The van der Waals surface area contributed by atoms with Crippen molar-refractivity contribution in [3.05, 3.63) is 0 Å². The molecule has 0 aromatic rings. The van der Waals surface area contributed by atoms with Gasteiger partial charge in [-0.15, -0.1) is 0 Å². The zero-order chi connectivity index (χ0) is 6.57. The van der Waals surface area contributed by atoms with Crippen LogP contribution in [0.1, 0.15) is 13.8 Å². The molecule has 0 radical (unpaired) electrons. The van der Waals surface area contributed by atoms with E-state index in [-0.39, 0.29) is 24.7 Å². The van der Waals surface area contributed by atoms with Gasteiger partial charge < -0.3 is 10.0 Å². The summed E-state index contributed by atoms with van der Waals surface area (Å²) >= 11 is 4.50. The summed E-state index contributed by atoms with van der Waals surface area (Å²) < 4.78 is 0. The van der Waals surface area contributed by atoms with Gasteiger partial charge in [0.1, 0.15) is 0 Å². The normalized spacial score (nSPS) is 7.78. The van der Waals surface area contributed by atoms with Crippen LogP contribution in [0.4, 0.5) is 0 Å². The second kappa shape index (κ2) is 6.43. The molecule has 0 aromatic heterocycles. The van der Waals surface area contributed by atoms with Gasteiger partial charge in [-0.1, -0.05) is 0 Å². The van der Waals surface area contributed by atoms with Crippen LogP contribution in [0, 0.1) is 0 Å². The molecule has 0 atom stereocenters. The fourth-order valence-electron chi connectivity index (χ4n) is 0.494. The molecule has 2 nitrogen and oxygen atoms in total. The van der Waals surface area contributed by atoms with Gasteiger partial charge in [0, 0.05) is 32.6 Å². The van der Waals surface area contributed by atoms with E-state index in [1.165, 1.54) is 0 Å². The van der Waals surface area contributed by atoms with Gasteiger partial charge in [-0.2, -0.15) is 0 Å². The Morgan fingerprint density at radius 3 is 1.78 bits per heavy atom. The van der Waals surface area contributed by atoms with Gasteiger partial charge in [0.25, 0.3) is 5.17 Å². The standard InChI is InChI=1S/C5H11NOS.Zn/c1-3-6(4-2)5(7)8;/h3-4H2,1-2H3,(H,7,8);. The largest absolute Gasteiger partial charge is 0.487 e. The van der Waals surface area contributed by atoms with Gasteiger partial charge in [0.2, 0.25) is 0 Å². The van der Waals surface area contributed by atoms with Crippen LogP contribution >= 0.6 is 12.2 Å². The van der Waals surface area contributed by atoms with Crippen molar-refractivity contribution in [1.29, 1.82) is 0 Å². The summed E-state index contributed by atoms with van der Waals surface area (Å²) in [5, 5.41) is 8.66. The molecule has 0 heterocycles. The summed E-state index contributed by atoms with van der Waals surface area (Å²) in [5.74, 6) is 0. The number of aliphatic hydroxyl groups excluding tert-OH is 1. The van der Waals surface area contributed by atoms with E-state index in [2.05, 4.69) is 12.2 Å². The van der Waals surface area contributed by atoms with Gasteiger partial charge in [-0.05, 0) is 26.1 Å². The minimum atomic E-state index is -0.00463. The Morgan fingerprint density at radius 1 is 1.44 bits per heavy atom. The molecule has 0 aliphatic rings. The van der Waals surface area contributed by atoms with Crippen LogP contribution in [0.2, 0.25) is 0 Å². The van der Waals surface area contributed by atoms with E-state index in [0.717, 1.165) is 13.1 Å². The Kier molecular flexibility index (Phi) is 8.60. The number of thiocarbonyl (C=S) groups is 1. The number of hydrogen-bond acceptors (Lipinski definition) is 1. The summed E-state index contributed by atoms with van der Waals surface area (Å²) in [4.78, 5) is 1.70. The zero-order valence-corrected chi connectivity index (χ0v) is 9.71. The molecule has 0 rings (SSSR count). The van der Waals surface area contributed by atoms with Gasteiger partial charge >= 0.3 is 0 Å². The van der Waals surface area contributed by atoms with Crippen molar-refractivity contribution in [2.45, 2.75) is 13.8 Å². The Balaban J connectivity index is 0. The van der Waals surface area contributed by atoms with E-state index in [0.29, 0.717) is 0 Å². The van der Waals surface area contributed by atoms with Gasteiger partial charge in [-0.25, -0.2) is 0 Å². The van der Waals surface area contributed by atoms with Crippen molar-refractivity contribution < 1.29 is 24.6 Å². The maximum Gasteiger partial charge on any atom is 0.256 e. The molecule has 0 aliphatic heterocycles. The Bertz CT molecular complexity index is 85.0. The Morgan fingerprint density at radius 2 is 1.78 bits per heavy atom. The van der Waals surface area contributed by atoms with Crippen molar-refractivity contribution in [1.82, 2.24) is 4.90 Å². The maximum absolute atomic E-state index is 8.67. The third kappa shape index (κ3) is 4.79. The van der Waals surface area contributed by atoms with Crippen LogP contribution in [0.3, 0.4) is 0 Å². The number of rotatable bonds is 2. The van der Waals surface area contributed by atoms with E-state index in [1.54, 1.807) is 4.90 Å². The first-order chi connectivity index (χ1) is 3.72. The molecule has 0 unspecified atom stereocenters. The fourth-order valence-corrected chi connectivity index (χ4v) is 0.752. The predicted octanol–water partition coefficient (Wildman–Crippen LogP) is 1.17. The quantitative estimate of drug-likeness (QED) is 0.532. The van der Waals surface area contributed by atoms with E-state index in [1.807, 2.05) is 13.8 Å². The van der Waals surface area contributed by atoms with Gasteiger partial charge in [0.05, 0.1) is 0 Å². The van der Waals surface area contributed by atoms with E-state index in [4.69, 9.17) is 5.11 Å². The average molecular weight is 199 g/mol. The molecule has 9 heavy (non-hydrogen) atoms. The molecule has 1 N–H and O–H groups in total. The van der Waals surface area contributed by atoms with Crippen LogP contribution < -0.4 is 0 Å². The number of nitrogens with zero attached hydrogens (tertiary/aromatic N) is 1. The van der Waals surface area contributed by atoms with Crippen LogP contribution in [0.25, 0.3) is 0 Å². The third-order valence-corrected chi connectivity index (χ3v) is 1.29. The molecular formula is C5H11NOSZn. The van der Waals surface area contributed by atoms with Crippen molar-refractivity contribution in [3.63, 3.8) is 0 Å². The second-order valence-corrected chi connectivity index (χ2v) is 1.82. The molecule has 0 spiro atoms. The monoisotopic (exact) mass is 197 g/mol. The molecular weight excluding hydrogens is 188 g/mol. The van der Waals surface area contributed by atoms with Gasteiger partial charge in [0.15, 0.2) is 0 Å². The number of aliphatic hydroxyl groups is 1. The van der Waals surface area contributed by atoms with Crippen LogP contribution in [-0.2, 0) is 19.5 Å². The first-order valence-corrected chi connectivity index (χ1v) is 3.11. The summed E-state index contributed by atoms with van der Waals surface area (Å²) in [7, 11) is 0. The first kappa shape index (κ1) is 12.0. The Hall–Kier alpha value is 0.313. The topological polar surface area (TPSA) is 23.5 Å². The number of hydrogen-bond donors (Lipinski definition) is 1. The van der Waals surface area contributed by atoms with Crippen molar-refractivity contribution in [3.8, 4) is 0 Å². The molecule has 4 heteroatoms. The predicted molar refractivity (Wildman–Crippen MR) is 38.1 cm³/mol. The van der Waals surface area contributed by atoms with Crippen LogP contribution in [-0.4, -0.2) is 28.3 Å². The average Bonchev–Trinajstić information content (AvgIpc) is 1.69. The molecule has 0 fully saturated rings. The Labute approximate surface area is 74.0 Å². The first-order valence-electron chi connectivity index (χ1n) is 2.70. The SMILES string of the molecule is CCN(CC)C(O)=S.[Zn]. The van der Waals surface area contributed by atoms with Crippen LogP contribution in [0.5, 0.6) is 0 Å². The molecule has 0 aromatic carbocycles. The molecule has 0 amide bonds. The summed E-state index contributed by atoms with van der Waals surface area (Å²) in [5.41, 5.74) is 0. The smallest absolute Gasteiger partial charge is 0.256 e. The second-order valence-electron chi connectivity index (χ2n) is 1.45.